The molecule has 0 aliphatic heterocycles. The summed E-state index contributed by atoms with van der Waals surface area (Å²) >= 11 is 0. The van der Waals surface area contributed by atoms with E-state index in [0.717, 1.165) is 14.2 Å². The fraction of sp³-hybridized carbons (Fsp3) is 0.308. The molecule has 2 heterocycles. The van der Waals surface area contributed by atoms with E-state index in [2.05, 4.69) is 29.4 Å². The maximum Gasteiger partial charge on any atom is 0.418 e. The third kappa shape index (κ3) is 7.53. The Morgan fingerprint density at radius 1 is 0.818 bits per heavy atom. The van der Waals surface area contributed by atoms with Gasteiger partial charge in [-0.05, 0) is 6.07 Å². The van der Waals surface area contributed by atoms with Crippen LogP contribution < -0.4 is 10.6 Å². The summed E-state index contributed by atoms with van der Waals surface area (Å²) in [5, 5.41) is 3.96. The fourth-order valence-electron chi connectivity index (χ4n) is 4.15. The van der Waals surface area contributed by atoms with Crippen LogP contribution in [0.3, 0.4) is 0 Å². The minimum absolute atomic E-state index is 0.0340. The van der Waals surface area contributed by atoms with Crippen LogP contribution in [0.25, 0.3) is 0 Å². The number of esters is 2. The van der Waals surface area contributed by atoms with Crippen LogP contribution in [-0.2, 0) is 44.3 Å². The number of aromatic amines is 2. The van der Waals surface area contributed by atoms with E-state index in [1.54, 1.807) is 0 Å². The Kier molecular flexibility index (Phi) is 10.0. The SMILES string of the molecule is C#Cc1c(C(F)(F)F)c(C(=O)N[C@@H](Cc2cnc[nH]2)C(=O)OC)cc(C(=O)N[C@H](Cc2cnc[nH]2)C(=O)OC)c1C(F)(F)F. The standard InChI is InChI=1S/C26H22F6N6O6/c1-4-14-19(25(27,28)29)15(21(39)37-17(23(41)43-2)5-12-8-33-10-35-12)7-16(20(14)26(30,31)32)22(40)38-18(24(42)44-3)6-13-9-34-11-36-13/h1,7-11,17-18H,5-6H2,2-3H3,(H,33,35)(H,34,36)(H,37,39)(H,38,40)/t17-,18+. The van der Waals surface area contributed by atoms with Crippen molar-refractivity contribution in [3.63, 3.8) is 0 Å². The van der Waals surface area contributed by atoms with Crippen molar-refractivity contribution in [3.05, 3.63) is 70.3 Å². The molecule has 0 unspecified atom stereocenters. The van der Waals surface area contributed by atoms with Gasteiger partial charge in [-0.3, -0.25) is 9.59 Å². The predicted molar refractivity (Wildman–Crippen MR) is 136 cm³/mol. The van der Waals surface area contributed by atoms with E-state index in [1.807, 2.05) is 10.6 Å². The van der Waals surface area contributed by atoms with Gasteiger partial charge in [0.15, 0.2) is 0 Å². The zero-order valence-electron chi connectivity index (χ0n) is 22.6. The van der Waals surface area contributed by atoms with Crippen LogP contribution in [0.2, 0.25) is 0 Å². The molecule has 234 valence electrons. The highest BCUT2D eigenvalue weighted by atomic mass is 19.4. The molecule has 3 aromatic rings. The van der Waals surface area contributed by atoms with Crippen molar-refractivity contribution in [3.8, 4) is 12.3 Å². The first-order valence-electron chi connectivity index (χ1n) is 12.2. The summed E-state index contributed by atoms with van der Waals surface area (Å²) in [6, 6.07) is -3.27. The zero-order chi connectivity index (χ0) is 32.8. The number of carbonyl (C=O) groups is 4. The topological polar surface area (TPSA) is 168 Å². The third-order valence-electron chi connectivity index (χ3n) is 6.07. The number of ether oxygens (including phenoxy) is 2. The van der Waals surface area contributed by atoms with Gasteiger partial charge in [0.1, 0.15) is 12.1 Å². The Bertz CT molecular complexity index is 1460. The number of hydrogen-bond donors (Lipinski definition) is 4. The highest BCUT2D eigenvalue weighted by molar-refractivity contribution is 6.04. The van der Waals surface area contributed by atoms with Crippen molar-refractivity contribution in [1.29, 1.82) is 0 Å². The molecule has 3 rings (SSSR count). The Hall–Kier alpha value is -5.34. The fourth-order valence-corrected chi connectivity index (χ4v) is 4.15. The second-order valence-electron chi connectivity index (χ2n) is 8.90. The molecule has 0 spiro atoms. The molecule has 12 nitrogen and oxygen atoms in total. The van der Waals surface area contributed by atoms with Crippen molar-refractivity contribution < 1.29 is 55.0 Å². The van der Waals surface area contributed by atoms with Gasteiger partial charge in [0, 0.05) is 36.6 Å². The van der Waals surface area contributed by atoms with Gasteiger partial charge in [0.2, 0.25) is 0 Å². The zero-order valence-corrected chi connectivity index (χ0v) is 22.6. The number of halogens is 6. The Balaban J connectivity index is 2.20. The van der Waals surface area contributed by atoms with Crippen molar-refractivity contribution in [2.24, 2.45) is 0 Å². The lowest BCUT2D eigenvalue weighted by Crippen LogP contribution is -2.45. The first-order valence-corrected chi connectivity index (χ1v) is 12.2. The number of methoxy groups -OCH3 is 2. The summed E-state index contributed by atoms with van der Waals surface area (Å²) in [6.45, 7) is 0. The Labute approximate surface area is 243 Å². The summed E-state index contributed by atoms with van der Waals surface area (Å²) in [6.07, 6.45) is -2.03. The minimum atomic E-state index is -5.65. The number of benzene rings is 1. The predicted octanol–water partition coefficient (Wildman–Crippen LogP) is 2.18. The Morgan fingerprint density at radius 3 is 1.48 bits per heavy atom. The van der Waals surface area contributed by atoms with Gasteiger partial charge < -0.3 is 30.1 Å². The highest BCUT2D eigenvalue weighted by Crippen LogP contribution is 2.43. The molecule has 18 heteroatoms. The number of carbonyl (C=O) groups excluding carboxylic acids is 4. The number of nitrogens with one attached hydrogen (secondary N) is 4. The van der Waals surface area contributed by atoms with Gasteiger partial charge >= 0.3 is 24.3 Å². The number of imidazole rings is 2. The summed E-state index contributed by atoms with van der Waals surface area (Å²) < 4.78 is 94.8. The number of alkyl halides is 6. The number of rotatable bonds is 10. The second kappa shape index (κ2) is 13.3. The van der Waals surface area contributed by atoms with E-state index in [4.69, 9.17) is 6.42 Å². The molecule has 2 atom stereocenters. The van der Waals surface area contributed by atoms with Gasteiger partial charge in [-0.15, -0.1) is 6.42 Å². The number of aromatic nitrogens is 4. The molecule has 2 amide bonds. The van der Waals surface area contributed by atoms with Crippen LogP contribution in [0.1, 0.15) is 48.8 Å². The third-order valence-corrected chi connectivity index (χ3v) is 6.07. The van der Waals surface area contributed by atoms with Crippen molar-refractivity contribution >= 4 is 23.8 Å². The van der Waals surface area contributed by atoms with Crippen LogP contribution in [-0.4, -0.2) is 70.0 Å². The van der Waals surface area contributed by atoms with E-state index in [1.165, 1.54) is 31.0 Å². The number of amides is 2. The smallest absolute Gasteiger partial charge is 0.418 e. The lowest BCUT2D eigenvalue weighted by atomic mass is 9.89. The van der Waals surface area contributed by atoms with Gasteiger partial charge in [-0.2, -0.15) is 26.3 Å². The summed E-state index contributed by atoms with van der Waals surface area (Å²) in [5.41, 5.74) is -8.79. The summed E-state index contributed by atoms with van der Waals surface area (Å²) in [4.78, 5) is 63.8. The van der Waals surface area contributed by atoms with E-state index in [9.17, 15) is 45.5 Å². The molecule has 0 aliphatic rings. The quantitative estimate of drug-likeness (QED) is 0.151. The van der Waals surface area contributed by atoms with Crippen LogP contribution in [0.15, 0.2) is 31.1 Å². The number of nitrogens with zero attached hydrogens (tertiary/aromatic N) is 2. The molecule has 0 fully saturated rings. The van der Waals surface area contributed by atoms with Gasteiger partial charge in [-0.25, -0.2) is 19.6 Å². The minimum Gasteiger partial charge on any atom is -0.467 e. The maximum absolute atomic E-state index is 14.3. The molecule has 44 heavy (non-hydrogen) atoms. The van der Waals surface area contributed by atoms with Crippen molar-refractivity contribution in [2.45, 2.75) is 37.3 Å². The lowest BCUT2D eigenvalue weighted by molar-refractivity contribution is -0.144. The number of H-pyrrole nitrogens is 2. The van der Waals surface area contributed by atoms with E-state index in [0.29, 0.717) is 0 Å². The average molecular weight is 628 g/mol. The molecule has 0 saturated carbocycles. The first-order chi connectivity index (χ1) is 20.6. The largest absolute Gasteiger partial charge is 0.467 e. The average Bonchev–Trinajstić information content (AvgIpc) is 3.67. The maximum atomic E-state index is 14.3. The lowest BCUT2D eigenvalue weighted by Gasteiger charge is -2.24. The molecule has 1 aromatic carbocycles. The molecule has 4 N–H and O–H groups in total. The van der Waals surface area contributed by atoms with E-state index >= 15 is 0 Å². The first kappa shape index (κ1) is 33.2. The van der Waals surface area contributed by atoms with E-state index < -0.39 is 76.0 Å². The molecule has 0 radical (unpaired) electrons. The molecule has 2 aromatic heterocycles. The molecular formula is C26H22F6N6O6. The van der Waals surface area contributed by atoms with Crippen LogP contribution >= 0.6 is 0 Å². The van der Waals surface area contributed by atoms with Gasteiger partial charge in [-0.1, -0.05) is 5.92 Å². The van der Waals surface area contributed by atoms with Gasteiger partial charge in [0.25, 0.3) is 11.8 Å². The normalized spacial score (nSPS) is 12.9. The van der Waals surface area contributed by atoms with E-state index in [-0.39, 0.29) is 30.3 Å². The van der Waals surface area contributed by atoms with Crippen LogP contribution in [0.5, 0.6) is 0 Å². The molecule has 0 saturated heterocycles. The van der Waals surface area contributed by atoms with Crippen molar-refractivity contribution in [1.82, 2.24) is 30.6 Å². The summed E-state index contributed by atoms with van der Waals surface area (Å²) in [5.74, 6) is -4.37. The molecule has 0 bridgehead atoms. The number of terminal acetylenes is 1. The van der Waals surface area contributed by atoms with Crippen molar-refractivity contribution in [2.75, 3.05) is 14.2 Å². The second-order valence-corrected chi connectivity index (χ2v) is 8.90. The number of hydrogen-bond acceptors (Lipinski definition) is 8. The molecular weight excluding hydrogens is 606 g/mol. The monoisotopic (exact) mass is 628 g/mol. The summed E-state index contributed by atoms with van der Waals surface area (Å²) in [7, 11) is 1.85. The van der Waals surface area contributed by atoms with Crippen LogP contribution in [0.4, 0.5) is 26.3 Å². The Morgan fingerprint density at radius 2 is 1.20 bits per heavy atom. The molecule has 0 aliphatic carbocycles. The highest BCUT2D eigenvalue weighted by Gasteiger charge is 2.47. The van der Waals surface area contributed by atoms with Crippen LogP contribution in [0, 0.1) is 12.3 Å². The van der Waals surface area contributed by atoms with Gasteiger partial charge in [0.05, 0.1) is 54.7 Å².